The third-order valence-electron chi connectivity index (χ3n) is 3.26. The lowest BCUT2D eigenvalue weighted by Crippen LogP contribution is -2.44. The molecule has 1 aliphatic heterocycles. The second-order valence-corrected chi connectivity index (χ2v) is 5.00. The molecule has 0 saturated carbocycles. The molecule has 4 nitrogen and oxygen atoms in total. The summed E-state index contributed by atoms with van der Waals surface area (Å²) in [7, 11) is 0. The summed E-state index contributed by atoms with van der Waals surface area (Å²) in [6.07, 6.45) is 1.53. The number of carbonyl (C=O) groups is 1. The minimum absolute atomic E-state index is 0. The number of carbonyl (C=O) groups excluding carboxylic acids is 1. The number of amides is 1. The van der Waals surface area contributed by atoms with E-state index in [2.05, 4.69) is 5.32 Å². The Hall–Kier alpha value is -0.880. The maximum Gasteiger partial charge on any atom is 0.241 e. The van der Waals surface area contributed by atoms with Crippen molar-refractivity contribution in [3.63, 3.8) is 0 Å². The number of rotatable bonds is 3. The molecule has 0 aromatic heterocycles. The molecule has 1 atom stereocenters. The number of ether oxygens (including phenoxy) is 1. The molecule has 2 rings (SSSR count). The zero-order valence-electron chi connectivity index (χ0n) is 10.8. The number of nitrogens with two attached hydrogens (primary N) is 1. The first-order chi connectivity index (χ1) is 9.08. The van der Waals surface area contributed by atoms with Crippen LogP contribution in [0.2, 0.25) is 5.02 Å². The van der Waals surface area contributed by atoms with E-state index >= 15 is 0 Å². The second-order valence-electron chi connectivity index (χ2n) is 4.59. The highest BCUT2D eigenvalue weighted by Gasteiger charge is 2.26. The standard InChI is InChI=1S/C13H16ClFN2O2.ClH/c14-10-2-1-9(7-11(10)15)17-13(18)12(16)8-3-5-19-6-4-8;/h1-2,7-8,12H,3-6,16H2,(H,17,18);1H. The van der Waals surface area contributed by atoms with Gasteiger partial charge >= 0.3 is 0 Å². The van der Waals surface area contributed by atoms with Gasteiger partial charge < -0.3 is 15.8 Å². The predicted octanol–water partition coefficient (Wildman–Crippen LogP) is 2.59. The van der Waals surface area contributed by atoms with Crippen molar-refractivity contribution in [1.82, 2.24) is 0 Å². The van der Waals surface area contributed by atoms with Crippen molar-refractivity contribution in [2.75, 3.05) is 18.5 Å². The van der Waals surface area contributed by atoms with E-state index in [1.807, 2.05) is 0 Å². The van der Waals surface area contributed by atoms with Gasteiger partial charge in [0.15, 0.2) is 0 Å². The Balaban J connectivity index is 0.00000200. The Morgan fingerprint density at radius 2 is 2.10 bits per heavy atom. The van der Waals surface area contributed by atoms with Crippen molar-refractivity contribution in [3.8, 4) is 0 Å². The first-order valence-corrected chi connectivity index (χ1v) is 6.55. The Bertz CT molecular complexity index is 468. The maximum atomic E-state index is 13.3. The van der Waals surface area contributed by atoms with E-state index in [-0.39, 0.29) is 29.3 Å². The first-order valence-electron chi connectivity index (χ1n) is 6.17. The molecular weight excluding hydrogens is 306 g/mol. The molecular formula is C13H17Cl2FN2O2. The average molecular weight is 323 g/mol. The van der Waals surface area contributed by atoms with Crippen LogP contribution in [0, 0.1) is 11.7 Å². The van der Waals surface area contributed by atoms with Gasteiger partial charge in [0, 0.05) is 18.9 Å². The number of nitrogens with one attached hydrogen (secondary N) is 1. The van der Waals surface area contributed by atoms with Crippen LogP contribution < -0.4 is 11.1 Å². The molecule has 1 aliphatic rings. The minimum atomic E-state index is -0.609. The van der Waals surface area contributed by atoms with Gasteiger partial charge in [-0.25, -0.2) is 4.39 Å². The van der Waals surface area contributed by atoms with E-state index in [1.54, 1.807) is 6.07 Å². The summed E-state index contributed by atoms with van der Waals surface area (Å²) < 4.78 is 18.5. The summed E-state index contributed by atoms with van der Waals surface area (Å²) in [6.45, 7) is 1.25. The van der Waals surface area contributed by atoms with Crippen LogP contribution in [0.3, 0.4) is 0 Å². The molecule has 1 unspecified atom stereocenters. The van der Waals surface area contributed by atoms with Crippen LogP contribution in [0.4, 0.5) is 10.1 Å². The summed E-state index contributed by atoms with van der Waals surface area (Å²) >= 11 is 5.58. The van der Waals surface area contributed by atoms with E-state index in [9.17, 15) is 9.18 Å². The highest BCUT2D eigenvalue weighted by Crippen LogP contribution is 2.21. The Labute approximate surface area is 128 Å². The molecule has 1 heterocycles. The highest BCUT2D eigenvalue weighted by molar-refractivity contribution is 6.30. The van der Waals surface area contributed by atoms with Gasteiger partial charge in [-0.15, -0.1) is 12.4 Å². The summed E-state index contributed by atoms with van der Waals surface area (Å²) in [5, 5.41) is 2.62. The van der Waals surface area contributed by atoms with Gasteiger partial charge in [-0.1, -0.05) is 11.6 Å². The fraction of sp³-hybridized carbons (Fsp3) is 0.462. The molecule has 7 heteroatoms. The molecule has 20 heavy (non-hydrogen) atoms. The molecule has 0 spiro atoms. The zero-order chi connectivity index (χ0) is 13.8. The fourth-order valence-electron chi connectivity index (χ4n) is 2.09. The lowest BCUT2D eigenvalue weighted by molar-refractivity contribution is -0.119. The van der Waals surface area contributed by atoms with E-state index in [4.69, 9.17) is 22.1 Å². The summed E-state index contributed by atoms with van der Waals surface area (Å²) in [5.41, 5.74) is 6.28. The Morgan fingerprint density at radius 3 is 2.70 bits per heavy atom. The lowest BCUT2D eigenvalue weighted by atomic mass is 9.92. The second kappa shape index (κ2) is 7.78. The van der Waals surface area contributed by atoms with Gasteiger partial charge in [0.25, 0.3) is 0 Å². The molecule has 0 bridgehead atoms. The van der Waals surface area contributed by atoms with Crippen LogP contribution in [-0.4, -0.2) is 25.2 Å². The topological polar surface area (TPSA) is 64.4 Å². The number of halogens is 3. The predicted molar refractivity (Wildman–Crippen MR) is 78.8 cm³/mol. The van der Waals surface area contributed by atoms with E-state index < -0.39 is 11.9 Å². The molecule has 1 aromatic carbocycles. The van der Waals surface area contributed by atoms with Crippen LogP contribution in [-0.2, 0) is 9.53 Å². The summed E-state index contributed by atoms with van der Waals surface area (Å²) in [5.74, 6) is -0.779. The zero-order valence-corrected chi connectivity index (χ0v) is 12.3. The van der Waals surface area contributed by atoms with Crippen molar-refractivity contribution in [2.24, 2.45) is 11.7 Å². The van der Waals surface area contributed by atoms with Crippen LogP contribution in [0.25, 0.3) is 0 Å². The van der Waals surface area contributed by atoms with E-state index in [0.29, 0.717) is 18.9 Å². The molecule has 1 fully saturated rings. The molecule has 1 saturated heterocycles. The third-order valence-corrected chi connectivity index (χ3v) is 3.57. The van der Waals surface area contributed by atoms with Crippen molar-refractivity contribution < 1.29 is 13.9 Å². The quantitative estimate of drug-likeness (QED) is 0.899. The van der Waals surface area contributed by atoms with Gasteiger partial charge in [-0.05, 0) is 37.0 Å². The Kier molecular flexibility index (Phi) is 6.68. The van der Waals surface area contributed by atoms with Gasteiger partial charge in [-0.3, -0.25) is 4.79 Å². The lowest BCUT2D eigenvalue weighted by Gasteiger charge is -2.26. The number of anilines is 1. The van der Waals surface area contributed by atoms with Crippen molar-refractivity contribution in [3.05, 3.63) is 29.0 Å². The largest absolute Gasteiger partial charge is 0.381 e. The molecule has 0 aliphatic carbocycles. The molecule has 0 radical (unpaired) electrons. The van der Waals surface area contributed by atoms with Crippen molar-refractivity contribution >= 4 is 35.6 Å². The van der Waals surface area contributed by atoms with Crippen molar-refractivity contribution in [1.29, 1.82) is 0 Å². The van der Waals surface area contributed by atoms with Gasteiger partial charge in [-0.2, -0.15) is 0 Å². The fourth-order valence-corrected chi connectivity index (χ4v) is 2.21. The minimum Gasteiger partial charge on any atom is -0.381 e. The number of benzene rings is 1. The molecule has 1 amide bonds. The number of hydrogen-bond acceptors (Lipinski definition) is 3. The maximum absolute atomic E-state index is 13.3. The summed E-state index contributed by atoms with van der Waals surface area (Å²) in [4.78, 5) is 12.0. The normalized spacial score (nSPS) is 17.1. The molecule has 112 valence electrons. The van der Waals surface area contributed by atoms with Gasteiger partial charge in [0.05, 0.1) is 11.1 Å². The van der Waals surface area contributed by atoms with E-state index in [1.165, 1.54) is 12.1 Å². The van der Waals surface area contributed by atoms with Crippen LogP contribution in [0.1, 0.15) is 12.8 Å². The van der Waals surface area contributed by atoms with Crippen molar-refractivity contribution in [2.45, 2.75) is 18.9 Å². The Morgan fingerprint density at radius 1 is 1.45 bits per heavy atom. The average Bonchev–Trinajstić information content (AvgIpc) is 2.43. The molecule has 1 aromatic rings. The van der Waals surface area contributed by atoms with Crippen LogP contribution in [0.5, 0.6) is 0 Å². The van der Waals surface area contributed by atoms with E-state index in [0.717, 1.165) is 12.8 Å². The third kappa shape index (κ3) is 4.31. The van der Waals surface area contributed by atoms with Gasteiger partial charge in [0.1, 0.15) is 5.82 Å². The van der Waals surface area contributed by atoms with Crippen LogP contribution >= 0.6 is 24.0 Å². The monoisotopic (exact) mass is 322 g/mol. The smallest absolute Gasteiger partial charge is 0.241 e. The first kappa shape index (κ1) is 17.2. The SMILES string of the molecule is Cl.NC(C(=O)Nc1ccc(Cl)c(F)c1)C1CCOCC1. The van der Waals surface area contributed by atoms with Gasteiger partial charge in [0.2, 0.25) is 5.91 Å². The molecule has 3 N–H and O–H groups in total. The number of hydrogen-bond donors (Lipinski definition) is 2. The van der Waals surface area contributed by atoms with Crippen LogP contribution in [0.15, 0.2) is 18.2 Å². The summed E-state index contributed by atoms with van der Waals surface area (Å²) in [6, 6.07) is 3.51. The highest BCUT2D eigenvalue weighted by atomic mass is 35.5.